The van der Waals surface area contributed by atoms with Gasteiger partial charge >= 0.3 is 0 Å². The second-order valence-electron chi connectivity index (χ2n) is 5.52. The van der Waals surface area contributed by atoms with E-state index in [1.165, 1.54) is 11.1 Å². The summed E-state index contributed by atoms with van der Waals surface area (Å²) in [5, 5.41) is 10.5. The maximum absolute atomic E-state index is 10.8. The standard InChI is InChI=1S/C15H16BrNO2/c16-13-11-5-3-4-10(11)8-12(14(13)19)15(17-9-18)6-1-2-7-15/h8,19H,1-7H2. The van der Waals surface area contributed by atoms with Crippen molar-refractivity contribution in [2.24, 2.45) is 4.99 Å². The molecular formula is C15H16BrNO2. The van der Waals surface area contributed by atoms with E-state index in [9.17, 15) is 9.90 Å². The van der Waals surface area contributed by atoms with Crippen molar-refractivity contribution in [2.45, 2.75) is 50.5 Å². The summed E-state index contributed by atoms with van der Waals surface area (Å²) in [4.78, 5) is 14.9. The average Bonchev–Trinajstić information content (AvgIpc) is 3.03. The fraction of sp³-hybridized carbons (Fsp3) is 0.533. The van der Waals surface area contributed by atoms with Crippen LogP contribution in [-0.2, 0) is 23.2 Å². The van der Waals surface area contributed by atoms with Gasteiger partial charge in [0.1, 0.15) is 11.3 Å². The first-order valence-electron chi connectivity index (χ1n) is 6.81. The zero-order chi connectivity index (χ0) is 13.5. The molecule has 0 heterocycles. The average molecular weight is 322 g/mol. The molecule has 1 saturated carbocycles. The number of phenols is 1. The molecule has 100 valence electrons. The van der Waals surface area contributed by atoms with Gasteiger partial charge in [0, 0.05) is 5.56 Å². The quantitative estimate of drug-likeness (QED) is 0.666. The highest BCUT2D eigenvalue weighted by Gasteiger charge is 2.39. The number of halogens is 1. The zero-order valence-corrected chi connectivity index (χ0v) is 12.3. The smallest absolute Gasteiger partial charge is 0.235 e. The number of hydrogen-bond acceptors (Lipinski definition) is 3. The van der Waals surface area contributed by atoms with Gasteiger partial charge in [0.15, 0.2) is 0 Å². The van der Waals surface area contributed by atoms with Crippen LogP contribution in [0.15, 0.2) is 15.5 Å². The highest BCUT2D eigenvalue weighted by atomic mass is 79.9. The van der Waals surface area contributed by atoms with E-state index in [2.05, 4.69) is 27.0 Å². The zero-order valence-electron chi connectivity index (χ0n) is 10.7. The highest BCUT2D eigenvalue weighted by molar-refractivity contribution is 9.10. The minimum atomic E-state index is -0.550. The lowest BCUT2D eigenvalue weighted by molar-refractivity contribution is 0.406. The minimum Gasteiger partial charge on any atom is -0.506 e. The predicted molar refractivity (Wildman–Crippen MR) is 76.1 cm³/mol. The molecule has 0 aliphatic heterocycles. The van der Waals surface area contributed by atoms with Crippen LogP contribution in [0.3, 0.4) is 0 Å². The summed E-state index contributed by atoms with van der Waals surface area (Å²) in [6.07, 6.45) is 8.61. The normalized spacial score (nSPS) is 20.1. The van der Waals surface area contributed by atoms with Crippen LogP contribution in [0.1, 0.15) is 48.8 Å². The van der Waals surface area contributed by atoms with Crippen LogP contribution in [0.5, 0.6) is 5.75 Å². The second-order valence-corrected chi connectivity index (χ2v) is 6.31. The van der Waals surface area contributed by atoms with Crippen molar-refractivity contribution in [1.29, 1.82) is 0 Å². The van der Waals surface area contributed by atoms with Crippen LogP contribution < -0.4 is 0 Å². The number of benzene rings is 1. The van der Waals surface area contributed by atoms with E-state index in [0.29, 0.717) is 0 Å². The molecule has 0 atom stereocenters. The fourth-order valence-electron chi connectivity index (χ4n) is 3.52. The van der Waals surface area contributed by atoms with Gasteiger partial charge in [-0.2, -0.15) is 4.99 Å². The van der Waals surface area contributed by atoms with Crippen molar-refractivity contribution >= 4 is 22.0 Å². The maximum atomic E-state index is 10.8. The van der Waals surface area contributed by atoms with Gasteiger partial charge < -0.3 is 5.11 Å². The predicted octanol–water partition coefficient (Wildman–Crippen LogP) is 3.75. The van der Waals surface area contributed by atoms with E-state index in [4.69, 9.17) is 0 Å². The minimum absolute atomic E-state index is 0.265. The van der Waals surface area contributed by atoms with Crippen LogP contribution in [0.2, 0.25) is 0 Å². The third-order valence-electron chi connectivity index (χ3n) is 4.50. The highest BCUT2D eigenvalue weighted by Crippen LogP contribution is 2.49. The maximum Gasteiger partial charge on any atom is 0.235 e. The number of isocyanates is 1. The van der Waals surface area contributed by atoms with Gasteiger partial charge in [0.25, 0.3) is 0 Å². The van der Waals surface area contributed by atoms with E-state index >= 15 is 0 Å². The number of carbonyl (C=O) groups excluding carboxylic acids is 1. The lowest BCUT2D eigenvalue weighted by atomic mass is 9.86. The SMILES string of the molecule is O=C=NC1(c2cc3c(c(Br)c2O)CCC3)CCCC1. The molecule has 0 radical (unpaired) electrons. The van der Waals surface area contributed by atoms with E-state index in [-0.39, 0.29) is 5.75 Å². The van der Waals surface area contributed by atoms with Gasteiger partial charge in [-0.05, 0) is 65.2 Å². The van der Waals surface area contributed by atoms with Gasteiger partial charge in [-0.3, -0.25) is 0 Å². The van der Waals surface area contributed by atoms with Crippen molar-refractivity contribution in [3.63, 3.8) is 0 Å². The Morgan fingerprint density at radius 1 is 1.26 bits per heavy atom. The lowest BCUT2D eigenvalue weighted by Gasteiger charge is -2.25. The number of rotatable bonds is 2. The summed E-state index contributed by atoms with van der Waals surface area (Å²) in [6, 6.07) is 2.06. The molecule has 3 nitrogen and oxygen atoms in total. The Kier molecular flexibility index (Phi) is 3.23. The molecule has 0 amide bonds. The number of hydrogen-bond donors (Lipinski definition) is 1. The number of fused-ring (bicyclic) bond motifs is 1. The molecule has 2 aliphatic rings. The van der Waals surface area contributed by atoms with Gasteiger partial charge in [0.2, 0.25) is 6.08 Å². The largest absolute Gasteiger partial charge is 0.506 e. The van der Waals surface area contributed by atoms with Crippen molar-refractivity contribution in [3.05, 3.63) is 27.2 Å². The molecular weight excluding hydrogens is 306 g/mol. The molecule has 19 heavy (non-hydrogen) atoms. The summed E-state index contributed by atoms with van der Waals surface area (Å²) in [5.74, 6) is 0.265. The molecule has 1 fully saturated rings. The van der Waals surface area contributed by atoms with Gasteiger partial charge in [-0.25, -0.2) is 4.79 Å². The van der Waals surface area contributed by atoms with Crippen LogP contribution >= 0.6 is 15.9 Å². The molecule has 1 N–H and O–H groups in total. The van der Waals surface area contributed by atoms with E-state index in [1.54, 1.807) is 6.08 Å². The summed E-state index contributed by atoms with van der Waals surface area (Å²) < 4.78 is 0.796. The molecule has 0 saturated heterocycles. The molecule has 3 rings (SSSR count). The Bertz CT molecular complexity index is 570. The molecule has 2 aliphatic carbocycles. The Balaban J connectivity index is 2.19. The Morgan fingerprint density at radius 3 is 2.68 bits per heavy atom. The second kappa shape index (κ2) is 4.77. The first-order valence-corrected chi connectivity index (χ1v) is 7.60. The summed E-state index contributed by atoms with van der Waals surface area (Å²) in [7, 11) is 0. The first-order chi connectivity index (χ1) is 9.18. The Morgan fingerprint density at radius 2 is 2.00 bits per heavy atom. The van der Waals surface area contributed by atoms with Crippen LogP contribution in [0.25, 0.3) is 0 Å². The number of aryl methyl sites for hydroxylation is 1. The molecule has 0 unspecified atom stereocenters. The van der Waals surface area contributed by atoms with Crippen LogP contribution in [0.4, 0.5) is 0 Å². The molecule has 4 heteroatoms. The van der Waals surface area contributed by atoms with Crippen molar-refractivity contribution in [1.82, 2.24) is 0 Å². The van der Waals surface area contributed by atoms with Crippen LogP contribution in [-0.4, -0.2) is 11.2 Å². The molecule has 1 aromatic rings. The molecule has 0 aromatic heterocycles. The molecule has 1 aromatic carbocycles. The number of phenolic OH excluding ortho intramolecular Hbond substituents is 1. The Labute approximate surface area is 120 Å². The molecule has 0 spiro atoms. The third kappa shape index (κ3) is 1.94. The van der Waals surface area contributed by atoms with Gasteiger partial charge in [0.05, 0.1) is 4.47 Å². The molecule has 0 bridgehead atoms. The van der Waals surface area contributed by atoms with Gasteiger partial charge in [-0.15, -0.1) is 0 Å². The number of nitrogens with zero attached hydrogens (tertiary/aromatic N) is 1. The van der Waals surface area contributed by atoms with Gasteiger partial charge in [-0.1, -0.05) is 12.8 Å². The van der Waals surface area contributed by atoms with Crippen molar-refractivity contribution in [2.75, 3.05) is 0 Å². The van der Waals surface area contributed by atoms with Crippen LogP contribution in [0, 0.1) is 0 Å². The number of aliphatic imine (C=N–C) groups is 1. The summed E-state index contributed by atoms with van der Waals surface area (Å²) in [6.45, 7) is 0. The topological polar surface area (TPSA) is 49.7 Å². The van der Waals surface area contributed by atoms with E-state index in [1.807, 2.05) is 0 Å². The monoisotopic (exact) mass is 321 g/mol. The number of aromatic hydroxyl groups is 1. The summed E-state index contributed by atoms with van der Waals surface area (Å²) >= 11 is 3.51. The first kappa shape index (κ1) is 12.9. The summed E-state index contributed by atoms with van der Waals surface area (Å²) in [5.41, 5.74) is 2.75. The third-order valence-corrected chi connectivity index (χ3v) is 5.35. The fourth-order valence-corrected chi connectivity index (χ4v) is 4.19. The van der Waals surface area contributed by atoms with E-state index < -0.39 is 5.54 Å². The van der Waals surface area contributed by atoms with E-state index in [0.717, 1.165) is 55.0 Å². The Hall–Kier alpha value is -1.12. The van der Waals surface area contributed by atoms with Crippen molar-refractivity contribution < 1.29 is 9.90 Å². The lowest BCUT2D eigenvalue weighted by Crippen LogP contribution is -2.19. The van der Waals surface area contributed by atoms with Crippen molar-refractivity contribution in [3.8, 4) is 5.75 Å².